The smallest absolute Gasteiger partial charge is 0.381 e. The zero-order valence-corrected chi connectivity index (χ0v) is 39.5. The average molecular weight is 978 g/mol. The number of ketones is 2. The molecule has 5 aromatic carbocycles. The number of hydrogen-bond acceptors (Lipinski definition) is 8. The molecular formula is C54H52F5N5O7. The van der Waals surface area contributed by atoms with Crippen LogP contribution in [-0.4, -0.2) is 72.5 Å². The van der Waals surface area contributed by atoms with Crippen LogP contribution >= 0.6 is 0 Å². The number of fused-ring (bicyclic) bond motifs is 4. The fourth-order valence-corrected chi connectivity index (χ4v) is 8.45. The van der Waals surface area contributed by atoms with Crippen LogP contribution in [0.3, 0.4) is 0 Å². The Morgan fingerprint density at radius 1 is 0.746 bits per heavy atom. The highest BCUT2D eigenvalue weighted by Crippen LogP contribution is 2.40. The molecule has 3 N–H and O–H groups in total. The van der Waals surface area contributed by atoms with Crippen molar-refractivity contribution in [2.45, 2.75) is 70.9 Å². The molecule has 0 spiro atoms. The quantitative estimate of drug-likeness (QED) is 0.0739. The minimum atomic E-state index is -4.51. The average Bonchev–Trinajstić information content (AvgIpc) is 3.50. The van der Waals surface area contributed by atoms with E-state index in [2.05, 4.69) is 15.6 Å². The number of aliphatic imine (C=N–C) groups is 1. The van der Waals surface area contributed by atoms with E-state index in [1.807, 2.05) is 66.7 Å². The van der Waals surface area contributed by atoms with Crippen LogP contribution < -0.4 is 20.4 Å². The molecule has 0 bridgehead atoms. The number of halogens is 5. The number of benzodiazepines with no additional fused rings is 1. The van der Waals surface area contributed by atoms with E-state index in [4.69, 9.17) is 0 Å². The van der Waals surface area contributed by atoms with E-state index in [0.29, 0.717) is 46.3 Å². The summed E-state index contributed by atoms with van der Waals surface area (Å²) in [6.45, 7) is 4.42. The molecule has 0 saturated carbocycles. The fraction of sp³-hybridized carbons (Fsp3) is 0.278. The van der Waals surface area contributed by atoms with Crippen molar-refractivity contribution in [1.82, 2.24) is 10.6 Å². The molecule has 370 valence electrons. The van der Waals surface area contributed by atoms with Crippen molar-refractivity contribution in [2.24, 2.45) is 16.8 Å². The Balaban J connectivity index is 0.000000232. The summed E-state index contributed by atoms with van der Waals surface area (Å²) in [5.74, 6) is -7.72. The van der Waals surface area contributed by atoms with Crippen molar-refractivity contribution in [3.05, 3.63) is 167 Å². The van der Waals surface area contributed by atoms with Gasteiger partial charge in [-0.3, -0.25) is 28.8 Å². The predicted molar refractivity (Wildman–Crippen MR) is 258 cm³/mol. The monoisotopic (exact) mass is 977 g/mol. The van der Waals surface area contributed by atoms with Gasteiger partial charge in [-0.1, -0.05) is 111 Å². The maximum Gasteiger partial charge on any atom is 0.389 e. The molecule has 5 aromatic rings. The Labute approximate surface area is 407 Å². The molecule has 7 rings (SSSR count). The summed E-state index contributed by atoms with van der Waals surface area (Å²) in [7, 11) is 3.18. The topological polar surface area (TPSA) is 166 Å². The van der Waals surface area contributed by atoms with Gasteiger partial charge in [-0.2, -0.15) is 13.2 Å². The van der Waals surface area contributed by atoms with E-state index in [-0.39, 0.29) is 23.5 Å². The number of para-hydroxylation sites is 2. The van der Waals surface area contributed by atoms with Crippen LogP contribution in [0.4, 0.5) is 33.3 Å². The Morgan fingerprint density at radius 2 is 1.30 bits per heavy atom. The number of nitrogens with zero attached hydrogens (tertiary/aromatic N) is 3. The third kappa shape index (κ3) is 12.6. The summed E-state index contributed by atoms with van der Waals surface area (Å²) in [6, 6.07) is 32.3. The number of amides is 4. The third-order valence-electron chi connectivity index (χ3n) is 12.1. The highest BCUT2D eigenvalue weighted by atomic mass is 19.4. The van der Waals surface area contributed by atoms with Gasteiger partial charge in [0.2, 0.25) is 18.0 Å². The summed E-state index contributed by atoms with van der Waals surface area (Å²) < 4.78 is 66.0. The second-order valence-electron chi connectivity index (χ2n) is 17.1. The minimum absolute atomic E-state index is 0.00998. The fourth-order valence-electron chi connectivity index (χ4n) is 8.45. The van der Waals surface area contributed by atoms with E-state index in [1.165, 1.54) is 29.7 Å². The molecule has 1 unspecified atom stereocenters. The molecule has 12 nitrogen and oxygen atoms in total. The number of aliphatic hydroxyl groups is 1. The molecule has 2 aliphatic rings. The normalized spacial score (nSPS) is 16.8. The molecule has 4 amide bonds. The van der Waals surface area contributed by atoms with Gasteiger partial charge in [-0.15, -0.1) is 0 Å². The molecule has 0 aromatic heterocycles. The maximum atomic E-state index is 13.5. The zero-order chi connectivity index (χ0) is 51.7. The molecule has 2 aliphatic heterocycles. The number of benzene rings is 5. The van der Waals surface area contributed by atoms with Gasteiger partial charge in [0.1, 0.15) is 23.8 Å². The van der Waals surface area contributed by atoms with Crippen LogP contribution in [0.2, 0.25) is 0 Å². The lowest BCUT2D eigenvalue weighted by Gasteiger charge is -2.24. The minimum Gasteiger partial charge on any atom is -0.381 e. The Kier molecular flexibility index (Phi) is 17.0. The lowest BCUT2D eigenvalue weighted by molar-refractivity contribution is -0.141. The first-order chi connectivity index (χ1) is 33.7. The molecule has 71 heavy (non-hydrogen) atoms. The standard InChI is InChI=1S/C27H28F3N3O3.C27H24F2N2O4/c1-4-10-19(17(2)34)20(15-16-27(28,29)30)25(35)32-24-26(36)33(3)22-14-9-8-13-21(22)23(31-24)18-11-6-5-7-12-18;1-15(11-23(32)25(33)16-12-17(28)14-18(29)13-16)26(34)30-24-21-9-4-3-7-19(21)20-8-5-6-10-22(20)31(2)27(24)35/h5-14,20,24H,4,15-16H2,1-3H3,(H,32,35);3-10,12-15,24-25,33H,11H2,1-2H3,(H,30,34)/b19-10+;/t20-,24-;15-,24?,25+/m11/s1. The maximum absolute atomic E-state index is 13.5. The number of hydrogen-bond donors (Lipinski definition) is 3. The number of anilines is 2. The van der Waals surface area contributed by atoms with Crippen molar-refractivity contribution in [3.63, 3.8) is 0 Å². The van der Waals surface area contributed by atoms with Crippen molar-refractivity contribution in [3.8, 4) is 11.1 Å². The molecule has 0 aliphatic carbocycles. The second-order valence-corrected chi connectivity index (χ2v) is 17.1. The molecule has 2 heterocycles. The van der Waals surface area contributed by atoms with Crippen LogP contribution in [0.15, 0.2) is 138 Å². The van der Waals surface area contributed by atoms with Gasteiger partial charge >= 0.3 is 6.18 Å². The largest absolute Gasteiger partial charge is 0.389 e. The van der Waals surface area contributed by atoms with Crippen molar-refractivity contribution >= 4 is 52.3 Å². The zero-order valence-electron chi connectivity index (χ0n) is 39.5. The molecule has 5 atom stereocenters. The Morgan fingerprint density at radius 3 is 1.90 bits per heavy atom. The molecule has 17 heteroatoms. The number of allylic oxidation sites excluding steroid dienone is 1. The number of aliphatic hydroxyl groups excluding tert-OH is 1. The molecule has 0 saturated heterocycles. The first kappa shape index (κ1) is 52.7. The van der Waals surface area contributed by atoms with E-state index in [0.717, 1.165) is 23.3 Å². The van der Waals surface area contributed by atoms with E-state index in [1.54, 1.807) is 57.4 Å². The highest BCUT2D eigenvalue weighted by Gasteiger charge is 2.38. The SMILES string of the molecule is CC/C=C(\C(C)=O)[C@@H](CCC(F)(F)F)C(=O)N[C@H]1N=C(c2ccccc2)c2ccccc2N(C)C1=O.C[C@H](CC(=O)[C@@H](O)c1cc(F)cc(F)c1)C(=O)NC1C(=O)N(C)c2ccccc2-c2ccccc21. The number of rotatable bonds is 14. The highest BCUT2D eigenvalue weighted by molar-refractivity contribution is 6.20. The van der Waals surface area contributed by atoms with Gasteiger partial charge in [0, 0.05) is 61.2 Å². The van der Waals surface area contributed by atoms with Gasteiger partial charge < -0.3 is 25.5 Å². The second kappa shape index (κ2) is 22.8. The molecule has 0 fully saturated rings. The van der Waals surface area contributed by atoms with Crippen LogP contribution in [0, 0.1) is 23.5 Å². The summed E-state index contributed by atoms with van der Waals surface area (Å²) in [4.78, 5) is 85.2. The van der Waals surface area contributed by atoms with Crippen LogP contribution in [-0.2, 0) is 28.8 Å². The van der Waals surface area contributed by atoms with Crippen LogP contribution in [0.25, 0.3) is 11.1 Å². The van der Waals surface area contributed by atoms with Crippen molar-refractivity contribution in [2.75, 3.05) is 23.9 Å². The number of alkyl halides is 3. The van der Waals surface area contributed by atoms with E-state index in [9.17, 15) is 55.8 Å². The first-order valence-electron chi connectivity index (χ1n) is 22.7. The predicted octanol–water partition coefficient (Wildman–Crippen LogP) is 8.92. The van der Waals surface area contributed by atoms with Gasteiger partial charge in [-0.25, -0.2) is 13.8 Å². The number of likely N-dealkylation sites (N-methyl/N-ethyl adjacent to an activating group) is 2. The van der Waals surface area contributed by atoms with E-state index < -0.39 is 90.1 Å². The van der Waals surface area contributed by atoms with Crippen molar-refractivity contribution < 1.29 is 55.8 Å². The summed E-state index contributed by atoms with van der Waals surface area (Å²) >= 11 is 0. The van der Waals surface area contributed by atoms with Crippen LogP contribution in [0.1, 0.15) is 80.9 Å². The summed E-state index contributed by atoms with van der Waals surface area (Å²) in [6.07, 6.45) is -8.12. The number of carbonyl (C=O) groups is 6. The third-order valence-corrected chi connectivity index (χ3v) is 12.1. The van der Waals surface area contributed by atoms with Gasteiger partial charge in [0.25, 0.3) is 11.8 Å². The Hall–Kier alpha value is -7.66. The number of Topliss-reactive ketones (excluding diaryl/α,β-unsaturated/α-hetero) is 2. The lowest BCUT2D eigenvalue weighted by Crippen LogP contribution is -2.48. The Bertz CT molecular complexity index is 2870. The summed E-state index contributed by atoms with van der Waals surface area (Å²) in [5.41, 5.74) is 5.14. The first-order valence-corrected chi connectivity index (χ1v) is 22.7. The van der Waals surface area contributed by atoms with Gasteiger partial charge in [-0.05, 0) is 60.7 Å². The van der Waals surface area contributed by atoms with E-state index >= 15 is 0 Å². The number of nitrogens with one attached hydrogen (secondary N) is 2. The van der Waals surface area contributed by atoms with Crippen molar-refractivity contribution in [1.29, 1.82) is 0 Å². The van der Waals surface area contributed by atoms with Gasteiger partial charge in [0.15, 0.2) is 11.6 Å². The summed E-state index contributed by atoms with van der Waals surface area (Å²) in [5, 5.41) is 15.5. The molecular weight excluding hydrogens is 926 g/mol. The lowest BCUT2D eigenvalue weighted by atomic mass is 9.89. The van der Waals surface area contributed by atoms with Crippen LogP contribution in [0.5, 0.6) is 0 Å². The number of carbonyl (C=O) groups excluding carboxylic acids is 6. The molecule has 0 radical (unpaired) electrons. The van der Waals surface area contributed by atoms with Gasteiger partial charge in [0.05, 0.1) is 23.0 Å².